The van der Waals surface area contributed by atoms with Crippen molar-refractivity contribution >= 4 is 28.6 Å². The van der Waals surface area contributed by atoms with E-state index in [4.69, 9.17) is 0 Å². The van der Waals surface area contributed by atoms with Gasteiger partial charge in [-0.15, -0.1) is 11.8 Å². The minimum Gasteiger partial charge on any atom is -0.348 e. The lowest BCUT2D eigenvalue weighted by Gasteiger charge is -2.15. The van der Waals surface area contributed by atoms with Gasteiger partial charge in [0.2, 0.25) is 0 Å². The molecule has 3 nitrogen and oxygen atoms in total. The largest absolute Gasteiger partial charge is 0.416 e. The quantitative estimate of drug-likeness (QED) is 0.421. The minimum absolute atomic E-state index is 0.00771. The first-order valence-electron chi connectivity index (χ1n) is 8.88. The number of carbonyl (C=O) groups excluding carboxylic acids is 1. The van der Waals surface area contributed by atoms with Crippen molar-refractivity contribution in [2.24, 2.45) is 0 Å². The molecule has 0 saturated heterocycles. The normalized spacial score (nSPS) is 11.7. The van der Waals surface area contributed by atoms with E-state index in [1.807, 2.05) is 6.92 Å². The SMILES string of the molecule is CCSc1nc2cc(C(F)(F)F)ccc2c(C)c1C(=O)NCc1ccccc1F. The summed E-state index contributed by atoms with van der Waals surface area (Å²) in [5, 5.41) is 3.50. The molecule has 0 aliphatic carbocycles. The van der Waals surface area contributed by atoms with E-state index in [-0.39, 0.29) is 12.1 Å². The number of nitrogens with zero attached hydrogens (tertiary/aromatic N) is 1. The van der Waals surface area contributed by atoms with Crippen LogP contribution in [0.15, 0.2) is 47.5 Å². The van der Waals surface area contributed by atoms with Crippen molar-refractivity contribution in [3.05, 3.63) is 70.5 Å². The van der Waals surface area contributed by atoms with Crippen LogP contribution in [-0.4, -0.2) is 16.6 Å². The second-order valence-corrected chi connectivity index (χ2v) is 7.61. The predicted molar refractivity (Wildman–Crippen MR) is 105 cm³/mol. The highest BCUT2D eigenvalue weighted by Gasteiger charge is 2.31. The van der Waals surface area contributed by atoms with Crippen LogP contribution in [0.5, 0.6) is 0 Å². The summed E-state index contributed by atoms with van der Waals surface area (Å²) in [6, 6.07) is 9.40. The zero-order chi connectivity index (χ0) is 21.2. The smallest absolute Gasteiger partial charge is 0.348 e. The third-order valence-corrected chi connectivity index (χ3v) is 5.30. The molecule has 0 aliphatic heterocycles. The summed E-state index contributed by atoms with van der Waals surface area (Å²) in [5.74, 6) is -0.287. The maximum Gasteiger partial charge on any atom is 0.416 e. The number of benzene rings is 2. The predicted octanol–water partition coefficient (Wildman–Crippen LogP) is 5.74. The fourth-order valence-electron chi connectivity index (χ4n) is 2.99. The molecule has 0 bridgehead atoms. The Balaban J connectivity index is 2.01. The molecule has 0 radical (unpaired) electrons. The van der Waals surface area contributed by atoms with Crippen molar-refractivity contribution in [1.29, 1.82) is 0 Å². The van der Waals surface area contributed by atoms with Crippen LogP contribution in [0, 0.1) is 12.7 Å². The number of carbonyl (C=O) groups is 1. The number of hydrogen-bond acceptors (Lipinski definition) is 3. The molecule has 1 N–H and O–H groups in total. The van der Waals surface area contributed by atoms with Gasteiger partial charge < -0.3 is 5.32 Å². The van der Waals surface area contributed by atoms with E-state index in [1.165, 1.54) is 23.9 Å². The average Bonchev–Trinajstić information content (AvgIpc) is 2.66. The topological polar surface area (TPSA) is 42.0 Å². The maximum absolute atomic E-state index is 13.8. The number of aromatic nitrogens is 1. The molecule has 3 aromatic rings. The summed E-state index contributed by atoms with van der Waals surface area (Å²) in [6.07, 6.45) is -4.47. The number of amides is 1. The van der Waals surface area contributed by atoms with Crippen LogP contribution in [0.25, 0.3) is 10.9 Å². The number of pyridine rings is 1. The third-order valence-electron chi connectivity index (χ3n) is 4.45. The summed E-state index contributed by atoms with van der Waals surface area (Å²) < 4.78 is 52.9. The molecule has 0 saturated carbocycles. The number of thioether (sulfide) groups is 1. The second kappa shape index (κ2) is 8.41. The molecule has 2 aromatic carbocycles. The van der Waals surface area contributed by atoms with Gasteiger partial charge in [0.1, 0.15) is 10.8 Å². The zero-order valence-corrected chi connectivity index (χ0v) is 16.5. The lowest BCUT2D eigenvalue weighted by Crippen LogP contribution is -2.25. The molecule has 29 heavy (non-hydrogen) atoms. The zero-order valence-electron chi connectivity index (χ0n) is 15.7. The third kappa shape index (κ3) is 4.53. The maximum atomic E-state index is 13.8. The van der Waals surface area contributed by atoms with Crippen molar-refractivity contribution in [1.82, 2.24) is 10.3 Å². The molecule has 0 unspecified atom stereocenters. The fraction of sp³-hybridized carbons (Fsp3) is 0.238. The Labute approximate surface area is 169 Å². The number of nitrogens with one attached hydrogen (secondary N) is 1. The number of fused-ring (bicyclic) bond motifs is 1. The van der Waals surface area contributed by atoms with Crippen LogP contribution < -0.4 is 5.32 Å². The van der Waals surface area contributed by atoms with E-state index in [2.05, 4.69) is 10.3 Å². The van der Waals surface area contributed by atoms with Gasteiger partial charge in [0.25, 0.3) is 5.91 Å². The summed E-state index contributed by atoms with van der Waals surface area (Å²) in [7, 11) is 0. The van der Waals surface area contributed by atoms with Gasteiger partial charge in [0.05, 0.1) is 16.6 Å². The van der Waals surface area contributed by atoms with E-state index in [9.17, 15) is 22.4 Å². The molecule has 3 rings (SSSR count). The summed E-state index contributed by atoms with van der Waals surface area (Å²) >= 11 is 1.27. The van der Waals surface area contributed by atoms with Gasteiger partial charge in [0.15, 0.2) is 0 Å². The number of alkyl halides is 3. The summed E-state index contributed by atoms with van der Waals surface area (Å²) in [6.45, 7) is 3.53. The Hall–Kier alpha value is -2.61. The molecule has 0 atom stereocenters. The lowest BCUT2D eigenvalue weighted by molar-refractivity contribution is -0.137. The first-order chi connectivity index (χ1) is 13.7. The van der Waals surface area contributed by atoms with E-state index in [1.54, 1.807) is 25.1 Å². The van der Waals surface area contributed by atoms with E-state index in [0.29, 0.717) is 32.9 Å². The minimum atomic E-state index is -4.47. The van der Waals surface area contributed by atoms with Gasteiger partial charge >= 0.3 is 6.18 Å². The van der Waals surface area contributed by atoms with Gasteiger partial charge in [-0.2, -0.15) is 13.2 Å². The number of halogens is 4. The average molecular weight is 422 g/mol. The monoisotopic (exact) mass is 422 g/mol. The molecule has 0 fully saturated rings. The molecule has 152 valence electrons. The number of aryl methyl sites for hydroxylation is 1. The van der Waals surface area contributed by atoms with Gasteiger partial charge in [-0.05, 0) is 36.4 Å². The van der Waals surface area contributed by atoms with Crippen LogP contribution in [0.3, 0.4) is 0 Å². The van der Waals surface area contributed by atoms with Crippen molar-refractivity contribution in [2.75, 3.05) is 5.75 Å². The Morgan fingerprint density at radius 1 is 1.17 bits per heavy atom. The molecular formula is C21H18F4N2OS. The van der Waals surface area contributed by atoms with Crippen molar-refractivity contribution in [3.8, 4) is 0 Å². The van der Waals surface area contributed by atoms with Crippen molar-refractivity contribution < 1.29 is 22.4 Å². The first kappa shape index (κ1) is 21.1. The van der Waals surface area contributed by atoms with Gasteiger partial charge in [-0.25, -0.2) is 9.37 Å². The highest BCUT2D eigenvalue weighted by Crippen LogP contribution is 2.34. The molecule has 1 amide bonds. The van der Waals surface area contributed by atoms with Gasteiger partial charge in [-0.1, -0.05) is 31.2 Å². The highest BCUT2D eigenvalue weighted by atomic mass is 32.2. The van der Waals surface area contributed by atoms with Crippen LogP contribution in [0.2, 0.25) is 0 Å². The molecule has 8 heteroatoms. The van der Waals surface area contributed by atoms with Gasteiger partial charge in [0, 0.05) is 17.5 Å². The Morgan fingerprint density at radius 2 is 1.90 bits per heavy atom. The Morgan fingerprint density at radius 3 is 2.55 bits per heavy atom. The van der Waals surface area contributed by atoms with Crippen LogP contribution in [-0.2, 0) is 12.7 Å². The van der Waals surface area contributed by atoms with Gasteiger partial charge in [-0.3, -0.25) is 4.79 Å². The van der Waals surface area contributed by atoms with E-state index >= 15 is 0 Å². The van der Waals surface area contributed by atoms with Crippen LogP contribution in [0.1, 0.15) is 34.0 Å². The van der Waals surface area contributed by atoms with E-state index in [0.717, 1.165) is 12.1 Å². The molecule has 0 aliphatic rings. The number of hydrogen-bond donors (Lipinski definition) is 1. The Bertz CT molecular complexity index is 1070. The standard InChI is InChI=1S/C21H18F4N2OS/c1-3-29-20-18(19(28)26-11-13-6-4-5-7-16(13)22)12(2)15-9-8-14(21(23,24)25)10-17(15)27-20/h4-10H,3,11H2,1-2H3,(H,26,28). The van der Waals surface area contributed by atoms with Crippen LogP contribution >= 0.6 is 11.8 Å². The first-order valence-corrected chi connectivity index (χ1v) is 9.87. The van der Waals surface area contributed by atoms with Crippen molar-refractivity contribution in [3.63, 3.8) is 0 Å². The summed E-state index contributed by atoms with van der Waals surface area (Å²) in [5.41, 5.74) is 0.554. The molecular weight excluding hydrogens is 404 g/mol. The fourth-order valence-corrected chi connectivity index (χ4v) is 3.82. The highest BCUT2D eigenvalue weighted by molar-refractivity contribution is 7.99. The van der Waals surface area contributed by atoms with E-state index < -0.39 is 23.5 Å². The second-order valence-electron chi connectivity index (χ2n) is 6.35. The molecule has 1 aromatic heterocycles. The number of rotatable bonds is 5. The van der Waals surface area contributed by atoms with Crippen molar-refractivity contribution in [2.45, 2.75) is 31.6 Å². The van der Waals surface area contributed by atoms with Crippen LogP contribution in [0.4, 0.5) is 17.6 Å². The molecule has 1 heterocycles. The summed E-state index contributed by atoms with van der Waals surface area (Å²) in [4.78, 5) is 17.2. The molecule has 0 spiro atoms. The Kier molecular flexibility index (Phi) is 6.12. The lowest BCUT2D eigenvalue weighted by atomic mass is 10.0.